The zero-order valence-corrected chi connectivity index (χ0v) is 10.6. The van der Waals surface area contributed by atoms with E-state index in [2.05, 4.69) is 21.5 Å². The van der Waals surface area contributed by atoms with Crippen molar-refractivity contribution in [2.24, 2.45) is 7.05 Å². The average molecular weight is 242 g/mol. The van der Waals surface area contributed by atoms with E-state index in [1.54, 1.807) is 0 Å². The number of piperidine rings is 1. The van der Waals surface area contributed by atoms with Crippen LogP contribution in [0.1, 0.15) is 24.5 Å². The Morgan fingerprint density at radius 3 is 2.78 bits per heavy atom. The molecule has 1 aliphatic rings. The minimum absolute atomic E-state index is 0.626. The molecule has 1 saturated heterocycles. The number of pyridine rings is 1. The van der Waals surface area contributed by atoms with E-state index in [9.17, 15) is 0 Å². The lowest BCUT2D eigenvalue weighted by Crippen LogP contribution is -2.27. The third-order valence-corrected chi connectivity index (χ3v) is 3.60. The first-order chi connectivity index (χ1) is 8.84. The summed E-state index contributed by atoms with van der Waals surface area (Å²) in [4.78, 5) is 4.36. The van der Waals surface area contributed by atoms with Crippen LogP contribution in [0.25, 0.3) is 11.4 Å². The summed E-state index contributed by atoms with van der Waals surface area (Å²) >= 11 is 0. The minimum atomic E-state index is 0.626. The number of aromatic nitrogens is 3. The van der Waals surface area contributed by atoms with E-state index in [4.69, 9.17) is 0 Å². The van der Waals surface area contributed by atoms with Crippen LogP contribution in [0.3, 0.4) is 0 Å². The second-order valence-corrected chi connectivity index (χ2v) is 4.82. The molecule has 94 valence electrons. The number of rotatable bonds is 2. The smallest absolute Gasteiger partial charge is 0.111 e. The van der Waals surface area contributed by atoms with Crippen LogP contribution in [-0.4, -0.2) is 27.9 Å². The molecule has 2 aromatic heterocycles. The lowest BCUT2D eigenvalue weighted by molar-refractivity contribution is 0.440. The van der Waals surface area contributed by atoms with Gasteiger partial charge in [-0.25, -0.2) is 0 Å². The van der Waals surface area contributed by atoms with Crippen LogP contribution in [0.2, 0.25) is 0 Å². The van der Waals surface area contributed by atoms with Crippen molar-refractivity contribution in [3.05, 3.63) is 36.2 Å². The molecule has 0 bridgehead atoms. The summed E-state index contributed by atoms with van der Waals surface area (Å²) in [6.45, 7) is 2.21. The number of nitrogens with zero attached hydrogens (tertiary/aromatic N) is 3. The van der Waals surface area contributed by atoms with Crippen molar-refractivity contribution < 1.29 is 0 Å². The lowest BCUT2D eigenvalue weighted by Gasteiger charge is -2.22. The molecule has 0 aromatic carbocycles. The third-order valence-electron chi connectivity index (χ3n) is 3.60. The van der Waals surface area contributed by atoms with E-state index in [1.165, 1.54) is 18.5 Å². The molecule has 0 unspecified atom stereocenters. The minimum Gasteiger partial charge on any atom is -0.317 e. The quantitative estimate of drug-likeness (QED) is 0.875. The number of hydrogen-bond acceptors (Lipinski definition) is 3. The Hall–Kier alpha value is -1.68. The number of hydrogen-bond donors (Lipinski definition) is 1. The Morgan fingerprint density at radius 1 is 1.22 bits per heavy atom. The molecule has 18 heavy (non-hydrogen) atoms. The maximum absolute atomic E-state index is 4.59. The van der Waals surface area contributed by atoms with Gasteiger partial charge in [-0.1, -0.05) is 6.07 Å². The highest BCUT2D eigenvalue weighted by atomic mass is 15.3. The van der Waals surface area contributed by atoms with E-state index in [0.29, 0.717) is 5.92 Å². The van der Waals surface area contributed by atoms with Crippen molar-refractivity contribution in [1.82, 2.24) is 20.1 Å². The first-order valence-electron chi connectivity index (χ1n) is 6.50. The average Bonchev–Trinajstić information content (AvgIpc) is 2.83. The van der Waals surface area contributed by atoms with Crippen LogP contribution in [0.4, 0.5) is 0 Å². The molecule has 3 heterocycles. The summed E-state index contributed by atoms with van der Waals surface area (Å²) in [6, 6.07) is 8.13. The zero-order chi connectivity index (χ0) is 12.4. The van der Waals surface area contributed by atoms with Crippen molar-refractivity contribution in [2.45, 2.75) is 18.8 Å². The SMILES string of the molecule is Cn1nc(-c2ccccn2)cc1C1CCNCC1. The molecule has 3 rings (SSSR count). The van der Waals surface area contributed by atoms with Crippen molar-refractivity contribution in [3.63, 3.8) is 0 Å². The van der Waals surface area contributed by atoms with Crippen LogP contribution in [0.15, 0.2) is 30.5 Å². The maximum atomic E-state index is 4.59. The molecule has 0 saturated carbocycles. The van der Waals surface area contributed by atoms with Crippen LogP contribution in [0.5, 0.6) is 0 Å². The second-order valence-electron chi connectivity index (χ2n) is 4.82. The van der Waals surface area contributed by atoms with E-state index in [-0.39, 0.29) is 0 Å². The van der Waals surface area contributed by atoms with Gasteiger partial charge in [0.25, 0.3) is 0 Å². The fourth-order valence-corrected chi connectivity index (χ4v) is 2.62. The third kappa shape index (κ3) is 2.16. The highest BCUT2D eigenvalue weighted by molar-refractivity contribution is 5.54. The van der Waals surface area contributed by atoms with Crippen molar-refractivity contribution in [2.75, 3.05) is 13.1 Å². The number of aryl methyl sites for hydroxylation is 1. The first-order valence-corrected chi connectivity index (χ1v) is 6.50. The van der Waals surface area contributed by atoms with Crippen LogP contribution in [0, 0.1) is 0 Å². The molecule has 1 fully saturated rings. The van der Waals surface area contributed by atoms with Gasteiger partial charge in [-0.2, -0.15) is 5.10 Å². The summed E-state index contributed by atoms with van der Waals surface area (Å²) in [7, 11) is 2.03. The molecule has 0 amide bonds. The largest absolute Gasteiger partial charge is 0.317 e. The molecule has 2 aromatic rings. The molecule has 0 atom stereocenters. The molecule has 1 aliphatic heterocycles. The summed E-state index contributed by atoms with van der Waals surface area (Å²) in [5.74, 6) is 0.626. The van der Waals surface area contributed by atoms with E-state index >= 15 is 0 Å². The van der Waals surface area contributed by atoms with Crippen LogP contribution < -0.4 is 5.32 Å². The fraction of sp³-hybridized carbons (Fsp3) is 0.429. The predicted molar refractivity (Wildman–Crippen MR) is 71.3 cm³/mol. The van der Waals surface area contributed by atoms with Gasteiger partial charge >= 0.3 is 0 Å². The van der Waals surface area contributed by atoms with Crippen molar-refractivity contribution >= 4 is 0 Å². The highest BCUT2D eigenvalue weighted by Crippen LogP contribution is 2.27. The monoisotopic (exact) mass is 242 g/mol. The fourth-order valence-electron chi connectivity index (χ4n) is 2.62. The van der Waals surface area contributed by atoms with Crippen LogP contribution >= 0.6 is 0 Å². The normalized spacial score (nSPS) is 16.9. The van der Waals surface area contributed by atoms with Gasteiger partial charge in [0.1, 0.15) is 5.69 Å². The molecular formula is C14H18N4. The van der Waals surface area contributed by atoms with Gasteiger partial charge < -0.3 is 5.32 Å². The predicted octanol–water partition coefficient (Wildman–Crippen LogP) is 1.95. The Morgan fingerprint density at radius 2 is 2.06 bits per heavy atom. The molecule has 4 heteroatoms. The van der Waals surface area contributed by atoms with E-state index < -0.39 is 0 Å². The van der Waals surface area contributed by atoms with Crippen molar-refractivity contribution in [1.29, 1.82) is 0 Å². The van der Waals surface area contributed by atoms with Gasteiger partial charge in [-0.15, -0.1) is 0 Å². The molecule has 0 spiro atoms. The van der Waals surface area contributed by atoms with Gasteiger partial charge in [0.05, 0.1) is 5.69 Å². The molecule has 4 nitrogen and oxygen atoms in total. The second kappa shape index (κ2) is 4.90. The maximum Gasteiger partial charge on any atom is 0.111 e. The van der Waals surface area contributed by atoms with Crippen molar-refractivity contribution in [3.8, 4) is 11.4 Å². The number of nitrogens with one attached hydrogen (secondary N) is 1. The highest BCUT2D eigenvalue weighted by Gasteiger charge is 2.19. The summed E-state index contributed by atoms with van der Waals surface area (Å²) in [5, 5.41) is 7.99. The molecular weight excluding hydrogens is 224 g/mol. The topological polar surface area (TPSA) is 42.7 Å². The molecule has 0 aliphatic carbocycles. The summed E-state index contributed by atoms with van der Waals surface area (Å²) in [6.07, 6.45) is 4.20. The first kappa shape index (κ1) is 11.4. The summed E-state index contributed by atoms with van der Waals surface area (Å²) in [5.41, 5.74) is 3.26. The Balaban J connectivity index is 1.91. The zero-order valence-electron chi connectivity index (χ0n) is 10.6. The molecule has 1 N–H and O–H groups in total. The lowest BCUT2D eigenvalue weighted by atomic mass is 9.94. The Bertz CT molecular complexity index is 512. The standard InChI is InChI=1S/C14H18N4/c1-18-14(11-5-8-15-9-6-11)10-13(17-18)12-4-2-3-7-16-12/h2-4,7,10-11,15H,5-6,8-9H2,1H3. The van der Waals surface area contributed by atoms with Crippen LogP contribution in [-0.2, 0) is 7.05 Å². The Kier molecular flexibility index (Phi) is 3.11. The summed E-state index contributed by atoms with van der Waals surface area (Å²) < 4.78 is 2.01. The van der Waals surface area contributed by atoms with Gasteiger partial charge in [0.15, 0.2) is 0 Å². The van der Waals surface area contributed by atoms with Gasteiger partial charge in [0.2, 0.25) is 0 Å². The Labute approximate surface area is 107 Å². The molecule has 0 radical (unpaired) electrons. The van der Waals surface area contributed by atoms with Gasteiger partial charge in [-0.3, -0.25) is 9.67 Å². The van der Waals surface area contributed by atoms with E-state index in [0.717, 1.165) is 24.5 Å². The van der Waals surface area contributed by atoms with Gasteiger partial charge in [-0.05, 0) is 44.1 Å². The van der Waals surface area contributed by atoms with E-state index in [1.807, 2.05) is 36.1 Å². The van der Waals surface area contributed by atoms with Gasteiger partial charge in [0, 0.05) is 24.9 Å².